The average molecular weight is 354 g/mol. The van der Waals surface area contributed by atoms with E-state index in [1.165, 1.54) is 11.3 Å². The summed E-state index contributed by atoms with van der Waals surface area (Å²) in [4.78, 5) is 17.2. The minimum atomic E-state index is 0.107. The molecule has 2 aromatic carbocycles. The maximum Gasteiger partial charge on any atom is 0.176 e. The Balaban J connectivity index is 1.59. The van der Waals surface area contributed by atoms with Crippen LogP contribution < -0.4 is 14.4 Å². The van der Waals surface area contributed by atoms with Crippen LogP contribution in [0.3, 0.4) is 0 Å². The van der Waals surface area contributed by atoms with Crippen molar-refractivity contribution >= 4 is 11.5 Å². The van der Waals surface area contributed by atoms with Crippen LogP contribution in [-0.4, -0.2) is 57.6 Å². The van der Waals surface area contributed by atoms with Gasteiger partial charge in [-0.05, 0) is 36.8 Å². The summed E-state index contributed by atoms with van der Waals surface area (Å²) in [5, 5.41) is 0. The van der Waals surface area contributed by atoms with Crippen LogP contribution in [0.15, 0.2) is 42.5 Å². The van der Waals surface area contributed by atoms with Crippen molar-refractivity contribution in [3.8, 4) is 11.5 Å². The Morgan fingerprint density at radius 3 is 2.31 bits per heavy atom. The zero-order chi connectivity index (χ0) is 18.5. The first kappa shape index (κ1) is 18.3. The quantitative estimate of drug-likeness (QED) is 0.746. The first-order chi connectivity index (χ1) is 12.6. The molecule has 1 aliphatic heterocycles. The normalized spacial score (nSPS) is 15.0. The van der Waals surface area contributed by atoms with Crippen molar-refractivity contribution in [3.05, 3.63) is 53.6 Å². The van der Waals surface area contributed by atoms with Crippen LogP contribution in [0, 0.1) is 6.92 Å². The van der Waals surface area contributed by atoms with Gasteiger partial charge in [0.15, 0.2) is 17.3 Å². The van der Waals surface area contributed by atoms with Gasteiger partial charge in [-0.1, -0.05) is 18.2 Å². The molecule has 0 atom stereocenters. The lowest BCUT2D eigenvalue weighted by molar-refractivity contribution is 0.0926. The molecule has 5 nitrogen and oxygen atoms in total. The van der Waals surface area contributed by atoms with Gasteiger partial charge >= 0.3 is 0 Å². The molecule has 0 spiro atoms. The maximum atomic E-state index is 12.6. The van der Waals surface area contributed by atoms with Gasteiger partial charge in [0, 0.05) is 37.4 Å². The molecular weight excluding hydrogens is 328 g/mol. The Morgan fingerprint density at radius 2 is 1.65 bits per heavy atom. The molecular formula is C21H26N2O3. The zero-order valence-corrected chi connectivity index (χ0v) is 15.7. The SMILES string of the molecule is COc1ccc(C(=O)CN2CCN(c3ccccc3C)CC2)cc1OC. The first-order valence-corrected chi connectivity index (χ1v) is 8.90. The van der Waals surface area contributed by atoms with E-state index in [0.717, 1.165) is 26.2 Å². The molecule has 26 heavy (non-hydrogen) atoms. The molecule has 5 heteroatoms. The lowest BCUT2D eigenvalue weighted by Gasteiger charge is -2.36. The molecule has 2 aromatic rings. The molecule has 1 heterocycles. The van der Waals surface area contributed by atoms with Crippen molar-refractivity contribution in [2.75, 3.05) is 51.8 Å². The third-order valence-electron chi connectivity index (χ3n) is 4.90. The number of para-hydroxylation sites is 1. The topological polar surface area (TPSA) is 42.0 Å². The van der Waals surface area contributed by atoms with E-state index in [0.29, 0.717) is 23.6 Å². The van der Waals surface area contributed by atoms with E-state index in [4.69, 9.17) is 9.47 Å². The number of carbonyl (C=O) groups is 1. The lowest BCUT2D eigenvalue weighted by Crippen LogP contribution is -2.48. The van der Waals surface area contributed by atoms with Gasteiger partial charge in [-0.15, -0.1) is 0 Å². The Kier molecular flexibility index (Phi) is 5.78. The molecule has 0 N–H and O–H groups in total. The molecule has 0 saturated carbocycles. The number of nitrogens with zero attached hydrogens (tertiary/aromatic N) is 2. The van der Waals surface area contributed by atoms with E-state index >= 15 is 0 Å². The van der Waals surface area contributed by atoms with Gasteiger partial charge in [0.05, 0.1) is 20.8 Å². The number of ether oxygens (including phenoxy) is 2. The number of rotatable bonds is 6. The van der Waals surface area contributed by atoms with Crippen LogP contribution >= 0.6 is 0 Å². The van der Waals surface area contributed by atoms with Crippen molar-refractivity contribution in [2.45, 2.75) is 6.92 Å². The summed E-state index contributed by atoms with van der Waals surface area (Å²) in [6.45, 7) is 6.20. The third-order valence-corrected chi connectivity index (χ3v) is 4.90. The summed E-state index contributed by atoms with van der Waals surface area (Å²) in [6, 6.07) is 13.8. The Morgan fingerprint density at radius 1 is 0.962 bits per heavy atom. The van der Waals surface area contributed by atoms with Gasteiger partial charge in [0.1, 0.15) is 0 Å². The second-order valence-corrected chi connectivity index (χ2v) is 6.54. The summed E-state index contributed by atoms with van der Waals surface area (Å²) >= 11 is 0. The standard InChI is InChI=1S/C21H26N2O3/c1-16-6-4-5-7-18(16)23-12-10-22(11-13-23)15-19(24)17-8-9-20(25-2)21(14-17)26-3/h4-9,14H,10-13,15H2,1-3H3. The predicted octanol–water partition coefficient (Wildman–Crippen LogP) is 3.02. The Hall–Kier alpha value is -2.53. The van der Waals surface area contributed by atoms with Gasteiger partial charge < -0.3 is 14.4 Å². The van der Waals surface area contributed by atoms with Crippen molar-refractivity contribution in [2.24, 2.45) is 0 Å². The van der Waals surface area contributed by atoms with Crippen molar-refractivity contribution in [1.29, 1.82) is 0 Å². The van der Waals surface area contributed by atoms with Crippen molar-refractivity contribution in [3.63, 3.8) is 0 Å². The monoisotopic (exact) mass is 354 g/mol. The molecule has 0 unspecified atom stereocenters. The molecule has 1 aliphatic rings. The number of methoxy groups -OCH3 is 2. The number of anilines is 1. The second kappa shape index (κ2) is 8.23. The van der Waals surface area contributed by atoms with Gasteiger partial charge in [-0.25, -0.2) is 0 Å². The second-order valence-electron chi connectivity index (χ2n) is 6.54. The number of benzene rings is 2. The molecule has 1 saturated heterocycles. The van der Waals surface area contributed by atoms with Crippen LogP contribution in [0.1, 0.15) is 15.9 Å². The lowest BCUT2D eigenvalue weighted by atomic mass is 10.1. The largest absolute Gasteiger partial charge is 0.493 e. The highest BCUT2D eigenvalue weighted by atomic mass is 16.5. The van der Waals surface area contributed by atoms with Crippen LogP contribution in [0.4, 0.5) is 5.69 Å². The number of piperazine rings is 1. The van der Waals surface area contributed by atoms with E-state index in [1.54, 1.807) is 32.4 Å². The highest BCUT2D eigenvalue weighted by Gasteiger charge is 2.21. The Labute approximate surface area is 155 Å². The third kappa shape index (κ3) is 3.99. The smallest absolute Gasteiger partial charge is 0.176 e. The predicted molar refractivity (Wildman–Crippen MR) is 104 cm³/mol. The van der Waals surface area contributed by atoms with Crippen molar-refractivity contribution < 1.29 is 14.3 Å². The van der Waals surface area contributed by atoms with Crippen LogP contribution in [-0.2, 0) is 0 Å². The Bertz CT molecular complexity index is 768. The summed E-state index contributed by atoms with van der Waals surface area (Å²) in [5.41, 5.74) is 3.24. The van der Waals surface area contributed by atoms with E-state index in [1.807, 2.05) is 0 Å². The van der Waals surface area contributed by atoms with Gasteiger partial charge in [-0.2, -0.15) is 0 Å². The fraction of sp³-hybridized carbons (Fsp3) is 0.381. The number of hydrogen-bond acceptors (Lipinski definition) is 5. The van der Waals surface area contributed by atoms with Crippen LogP contribution in [0.2, 0.25) is 0 Å². The molecule has 3 rings (SSSR count). The highest BCUT2D eigenvalue weighted by molar-refractivity contribution is 5.98. The minimum absolute atomic E-state index is 0.107. The average Bonchev–Trinajstić information content (AvgIpc) is 2.68. The molecule has 0 amide bonds. The first-order valence-electron chi connectivity index (χ1n) is 8.90. The molecule has 0 aromatic heterocycles. The molecule has 0 aliphatic carbocycles. The molecule has 0 radical (unpaired) electrons. The maximum absolute atomic E-state index is 12.6. The minimum Gasteiger partial charge on any atom is -0.493 e. The number of carbonyl (C=O) groups excluding carboxylic acids is 1. The summed E-state index contributed by atoms with van der Waals surface area (Å²) in [7, 11) is 3.17. The molecule has 0 bridgehead atoms. The van der Waals surface area contributed by atoms with Gasteiger partial charge in [-0.3, -0.25) is 9.69 Å². The van der Waals surface area contributed by atoms with E-state index < -0.39 is 0 Å². The van der Waals surface area contributed by atoms with Crippen molar-refractivity contribution in [1.82, 2.24) is 4.90 Å². The summed E-state index contributed by atoms with van der Waals surface area (Å²) in [5.74, 6) is 1.33. The fourth-order valence-electron chi connectivity index (χ4n) is 3.37. The van der Waals surface area contributed by atoms with Gasteiger partial charge in [0.2, 0.25) is 0 Å². The summed E-state index contributed by atoms with van der Waals surface area (Å²) in [6.07, 6.45) is 0. The highest BCUT2D eigenvalue weighted by Crippen LogP contribution is 2.28. The fourth-order valence-corrected chi connectivity index (χ4v) is 3.37. The van der Waals surface area contributed by atoms with E-state index in [9.17, 15) is 4.79 Å². The molecule has 138 valence electrons. The number of Topliss-reactive ketones (excluding diaryl/α,β-unsaturated/α-hetero) is 1. The van der Waals surface area contributed by atoms with E-state index in [2.05, 4.69) is 41.0 Å². The van der Waals surface area contributed by atoms with Crippen LogP contribution in [0.25, 0.3) is 0 Å². The van der Waals surface area contributed by atoms with E-state index in [-0.39, 0.29) is 5.78 Å². The molecule has 1 fully saturated rings. The number of hydrogen-bond donors (Lipinski definition) is 0. The number of ketones is 1. The zero-order valence-electron chi connectivity index (χ0n) is 15.7. The number of aryl methyl sites for hydroxylation is 1. The van der Waals surface area contributed by atoms with Gasteiger partial charge in [0.25, 0.3) is 0 Å². The van der Waals surface area contributed by atoms with Crippen LogP contribution in [0.5, 0.6) is 11.5 Å². The summed E-state index contributed by atoms with van der Waals surface area (Å²) < 4.78 is 10.5.